The molecule has 3 nitrogen and oxygen atoms in total. The molecule has 0 amide bonds. The zero-order valence-electron chi connectivity index (χ0n) is 11.9. The number of ether oxygens (including phenoxy) is 1. The van der Waals surface area contributed by atoms with Crippen LogP contribution in [0.2, 0.25) is 0 Å². The van der Waals surface area contributed by atoms with Crippen LogP contribution < -0.4 is 16.0 Å². The Bertz CT molecular complexity index is 562. The lowest BCUT2D eigenvalue weighted by Gasteiger charge is -2.17. The lowest BCUT2D eigenvalue weighted by Crippen LogP contribution is -2.29. The maximum absolute atomic E-state index is 5.70. The van der Waals surface area contributed by atoms with Gasteiger partial charge in [-0.3, -0.25) is 11.3 Å². The predicted octanol–water partition coefficient (Wildman–Crippen LogP) is 4.14. The average Bonchev–Trinajstić information content (AvgIpc) is 2.51. The van der Waals surface area contributed by atoms with E-state index in [1.165, 1.54) is 4.90 Å². The number of rotatable bonds is 7. The number of benzene rings is 2. The van der Waals surface area contributed by atoms with Crippen LogP contribution in [0.1, 0.15) is 18.5 Å². The molecule has 0 aliphatic heterocycles. The number of hydrogen-bond acceptors (Lipinski definition) is 4. The van der Waals surface area contributed by atoms with Gasteiger partial charge in [-0.15, -0.1) is 11.8 Å². The molecule has 1 atom stereocenters. The third-order valence-corrected chi connectivity index (χ3v) is 5.16. The summed E-state index contributed by atoms with van der Waals surface area (Å²) in [4.78, 5) is 1.21. The van der Waals surface area contributed by atoms with Crippen molar-refractivity contribution in [2.45, 2.75) is 17.9 Å². The molecule has 2 rings (SSSR count). The zero-order valence-corrected chi connectivity index (χ0v) is 14.3. The van der Waals surface area contributed by atoms with Crippen molar-refractivity contribution in [3.05, 3.63) is 58.6 Å². The minimum absolute atomic E-state index is 0.0952. The fraction of sp³-hybridized carbons (Fsp3) is 0.250. The summed E-state index contributed by atoms with van der Waals surface area (Å²) in [6.07, 6.45) is 0. The molecular formula is C16H19BrN2OS. The van der Waals surface area contributed by atoms with Crippen LogP contribution in [0.25, 0.3) is 0 Å². The monoisotopic (exact) mass is 366 g/mol. The van der Waals surface area contributed by atoms with Crippen molar-refractivity contribution in [2.75, 3.05) is 12.4 Å². The Hall–Kier alpha value is -1.01. The molecular weight excluding hydrogens is 348 g/mol. The maximum Gasteiger partial charge on any atom is 0.119 e. The molecule has 2 aromatic rings. The summed E-state index contributed by atoms with van der Waals surface area (Å²) in [5.74, 6) is 7.44. The molecule has 1 unspecified atom stereocenters. The fourth-order valence-corrected chi connectivity index (χ4v) is 3.58. The largest absolute Gasteiger partial charge is 0.494 e. The minimum atomic E-state index is 0.0952. The van der Waals surface area contributed by atoms with Crippen LogP contribution in [0.4, 0.5) is 0 Å². The van der Waals surface area contributed by atoms with Gasteiger partial charge in [0.15, 0.2) is 0 Å². The molecule has 0 saturated heterocycles. The SMILES string of the molecule is CCOc1ccc(C(CSc2ccccc2Br)NN)cc1. The van der Waals surface area contributed by atoms with E-state index < -0.39 is 0 Å². The molecule has 0 bridgehead atoms. The van der Waals surface area contributed by atoms with Crippen molar-refractivity contribution in [3.8, 4) is 5.75 Å². The molecule has 0 spiro atoms. The van der Waals surface area contributed by atoms with E-state index in [9.17, 15) is 0 Å². The van der Waals surface area contributed by atoms with Crippen molar-refractivity contribution in [1.82, 2.24) is 5.43 Å². The van der Waals surface area contributed by atoms with E-state index in [4.69, 9.17) is 10.6 Å². The first-order chi connectivity index (χ1) is 10.2. The molecule has 21 heavy (non-hydrogen) atoms. The van der Waals surface area contributed by atoms with Crippen LogP contribution in [-0.2, 0) is 0 Å². The van der Waals surface area contributed by atoms with E-state index in [0.717, 1.165) is 21.5 Å². The fourth-order valence-electron chi connectivity index (χ4n) is 1.94. The van der Waals surface area contributed by atoms with Gasteiger partial charge in [-0.1, -0.05) is 24.3 Å². The summed E-state index contributed by atoms with van der Waals surface area (Å²) in [6.45, 7) is 2.66. The third-order valence-electron chi connectivity index (χ3n) is 3.04. The number of nitrogens with one attached hydrogen (secondary N) is 1. The Balaban J connectivity index is 2.01. The maximum atomic E-state index is 5.70. The standard InChI is InChI=1S/C16H19BrN2OS/c1-2-20-13-9-7-12(8-10-13)15(19-18)11-21-16-6-4-3-5-14(16)17/h3-10,15,19H,2,11,18H2,1H3. The van der Waals surface area contributed by atoms with E-state index in [0.29, 0.717) is 6.61 Å². The van der Waals surface area contributed by atoms with Gasteiger partial charge in [0.1, 0.15) is 5.75 Å². The third kappa shape index (κ3) is 4.74. The average molecular weight is 367 g/mol. The van der Waals surface area contributed by atoms with Gasteiger partial charge in [-0.2, -0.15) is 0 Å². The van der Waals surface area contributed by atoms with Crippen LogP contribution in [-0.4, -0.2) is 12.4 Å². The summed E-state index contributed by atoms with van der Waals surface area (Å²) >= 11 is 5.33. The summed E-state index contributed by atoms with van der Waals surface area (Å²) in [5.41, 5.74) is 4.04. The number of thioether (sulfide) groups is 1. The summed E-state index contributed by atoms with van der Waals surface area (Å²) in [5, 5.41) is 0. The van der Waals surface area contributed by atoms with Crippen LogP contribution >= 0.6 is 27.7 Å². The van der Waals surface area contributed by atoms with Crippen molar-refractivity contribution in [1.29, 1.82) is 0 Å². The van der Waals surface area contributed by atoms with E-state index in [2.05, 4.69) is 39.6 Å². The van der Waals surface area contributed by atoms with Gasteiger partial charge in [0.25, 0.3) is 0 Å². The first-order valence-electron chi connectivity index (χ1n) is 6.80. The molecule has 0 aromatic heterocycles. The molecule has 0 heterocycles. The van der Waals surface area contributed by atoms with Gasteiger partial charge in [-0.05, 0) is 52.7 Å². The van der Waals surface area contributed by atoms with Gasteiger partial charge < -0.3 is 4.74 Å². The lowest BCUT2D eigenvalue weighted by molar-refractivity contribution is 0.340. The normalized spacial score (nSPS) is 12.1. The zero-order chi connectivity index (χ0) is 15.1. The highest BCUT2D eigenvalue weighted by molar-refractivity contribution is 9.10. The molecule has 5 heteroatoms. The Morgan fingerprint density at radius 3 is 2.52 bits per heavy atom. The smallest absolute Gasteiger partial charge is 0.119 e. The molecule has 0 saturated carbocycles. The second-order valence-electron chi connectivity index (χ2n) is 4.46. The molecule has 112 valence electrons. The van der Waals surface area contributed by atoms with Gasteiger partial charge in [0.2, 0.25) is 0 Å². The summed E-state index contributed by atoms with van der Waals surface area (Å²) in [6, 6.07) is 16.3. The molecule has 2 aromatic carbocycles. The van der Waals surface area contributed by atoms with Crippen molar-refractivity contribution in [3.63, 3.8) is 0 Å². The highest BCUT2D eigenvalue weighted by Gasteiger charge is 2.11. The van der Waals surface area contributed by atoms with Crippen LogP contribution in [0.3, 0.4) is 0 Å². The minimum Gasteiger partial charge on any atom is -0.494 e. The topological polar surface area (TPSA) is 47.3 Å². The molecule has 0 aliphatic rings. The molecule has 0 radical (unpaired) electrons. The highest BCUT2D eigenvalue weighted by atomic mass is 79.9. The van der Waals surface area contributed by atoms with Crippen molar-refractivity contribution < 1.29 is 4.74 Å². The second kappa shape index (κ2) is 8.44. The Labute approximate surface area is 138 Å². The Morgan fingerprint density at radius 1 is 1.19 bits per heavy atom. The first kappa shape index (κ1) is 16.4. The second-order valence-corrected chi connectivity index (χ2v) is 6.38. The quantitative estimate of drug-likeness (QED) is 0.439. The molecule has 3 N–H and O–H groups in total. The van der Waals surface area contributed by atoms with E-state index in [1.54, 1.807) is 11.8 Å². The van der Waals surface area contributed by atoms with Crippen LogP contribution in [0.5, 0.6) is 5.75 Å². The van der Waals surface area contributed by atoms with Crippen LogP contribution in [0, 0.1) is 0 Å². The predicted molar refractivity (Wildman–Crippen MR) is 92.5 cm³/mol. The van der Waals surface area contributed by atoms with Crippen LogP contribution in [0.15, 0.2) is 57.9 Å². The molecule has 0 aliphatic carbocycles. The number of hydrogen-bond donors (Lipinski definition) is 2. The van der Waals surface area contributed by atoms with Gasteiger partial charge in [0, 0.05) is 15.1 Å². The highest BCUT2D eigenvalue weighted by Crippen LogP contribution is 2.30. The van der Waals surface area contributed by atoms with E-state index in [1.807, 2.05) is 37.3 Å². The van der Waals surface area contributed by atoms with Gasteiger partial charge in [-0.25, -0.2) is 0 Å². The lowest BCUT2D eigenvalue weighted by atomic mass is 10.1. The first-order valence-corrected chi connectivity index (χ1v) is 8.58. The van der Waals surface area contributed by atoms with Crippen molar-refractivity contribution >= 4 is 27.7 Å². The summed E-state index contributed by atoms with van der Waals surface area (Å²) < 4.78 is 6.56. The molecule has 0 fully saturated rings. The van der Waals surface area contributed by atoms with E-state index in [-0.39, 0.29) is 6.04 Å². The Kier molecular flexibility index (Phi) is 6.57. The van der Waals surface area contributed by atoms with E-state index >= 15 is 0 Å². The summed E-state index contributed by atoms with van der Waals surface area (Å²) in [7, 11) is 0. The number of halogens is 1. The number of hydrazine groups is 1. The van der Waals surface area contributed by atoms with Gasteiger partial charge in [0.05, 0.1) is 12.6 Å². The van der Waals surface area contributed by atoms with Gasteiger partial charge >= 0.3 is 0 Å². The number of nitrogens with two attached hydrogens (primary N) is 1. The van der Waals surface area contributed by atoms with Crippen molar-refractivity contribution in [2.24, 2.45) is 5.84 Å². The Morgan fingerprint density at radius 2 is 1.90 bits per heavy atom.